The first kappa shape index (κ1) is 25.3. The maximum Gasteiger partial charge on any atom is 0.430 e. The van der Waals surface area contributed by atoms with Crippen LogP contribution in [0, 0.1) is 5.92 Å². The zero-order valence-electron chi connectivity index (χ0n) is 17.1. The molecule has 168 valence electrons. The number of aliphatic carboxylic acids is 1. The van der Waals surface area contributed by atoms with Gasteiger partial charge in [0.1, 0.15) is 5.97 Å². The Bertz CT molecular complexity index is 713. The van der Waals surface area contributed by atoms with Crippen molar-refractivity contribution < 1.29 is 32.9 Å². The topological polar surface area (TPSA) is 121 Å². The second kappa shape index (κ2) is 12.0. The molecule has 1 amide bonds. The van der Waals surface area contributed by atoms with E-state index in [1.807, 2.05) is 12.1 Å². The maximum absolute atomic E-state index is 11.1. The Hall–Kier alpha value is -2.78. The molecule has 30 heavy (non-hydrogen) atoms. The zero-order chi connectivity index (χ0) is 22.7. The predicted molar refractivity (Wildman–Crippen MR) is 104 cm³/mol. The number of rotatable bonds is 6. The number of benzene rings is 1. The third-order valence-electron chi connectivity index (χ3n) is 4.41. The molecule has 0 heterocycles. The van der Waals surface area contributed by atoms with E-state index >= 15 is 0 Å². The first-order chi connectivity index (χ1) is 14.0. The highest BCUT2D eigenvalue weighted by molar-refractivity contribution is 5.92. The van der Waals surface area contributed by atoms with Gasteiger partial charge < -0.3 is 15.6 Å². The molecule has 0 aromatic heterocycles. The first-order valence-corrected chi connectivity index (χ1v) is 9.77. The van der Waals surface area contributed by atoms with Crippen LogP contribution in [0.15, 0.2) is 24.3 Å². The lowest BCUT2D eigenvalue weighted by molar-refractivity contribution is -0.480. The molecule has 0 spiro atoms. The van der Waals surface area contributed by atoms with Crippen molar-refractivity contribution in [2.24, 2.45) is 11.7 Å². The maximum atomic E-state index is 11.1. The molecule has 1 aliphatic rings. The van der Waals surface area contributed by atoms with Crippen molar-refractivity contribution >= 4 is 17.8 Å². The van der Waals surface area contributed by atoms with Crippen LogP contribution in [0.2, 0.25) is 0 Å². The SMILES string of the molecule is CC(C)NC(NCC1CCCC1)=[NH+]Cc1ccc(C(N)=O)cc1.O=C([O-])C(F)(F)F. The minimum atomic E-state index is -5.19. The summed E-state index contributed by atoms with van der Waals surface area (Å²) in [4.78, 5) is 23.3. The highest BCUT2D eigenvalue weighted by Gasteiger charge is 2.28. The van der Waals surface area contributed by atoms with E-state index in [0.29, 0.717) is 18.2 Å². The molecular weight excluding hydrogens is 401 g/mol. The van der Waals surface area contributed by atoms with E-state index < -0.39 is 18.1 Å². The first-order valence-electron chi connectivity index (χ1n) is 9.77. The normalized spacial score (nSPS) is 14.8. The van der Waals surface area contributed by atoms with Gasteiger partial charge in [-0.25, -0.2) is 0 Å². The average Bonchev–Trinajstić information content (AvgIpc) is 3.17. The van der Waals surface area contributed by atoms with Crippen molar-refractivity contribution in [1.82, 2.24) is 10.6 Å². The van der Waals surface area contributed by atoms with Crippen LogP contribution >= 0.6 is 0 Å². The molecule has 0 aliphatic heterocycles. The number of carbonyl (C=O) groups excluding carboxylic acids is 2. The standard InChI is InChI=1S/C18H28N4O.C2HF3O2/c1-13(2)22-18(20-11-14-5-3-4-6-14)21-12-15-7-9-16(10-8-15)17(19)23;3-2(4,5)1(6)7/h7-10,13-14H,3-6,11-12H2,1-2H3,(H2,19,23)(H2,20,21,22);(H,6,7). The molecule has 1 aromatic rings. The lowest BCUT2D eigenvalue weighted by atomic mass is 10.1. The van der Waals surface area contributed by atoms with Gasteiger partial charge in [0, 0.05) is 5.56 Å². The number of guanidine groups is 1. The lowest BCUT2D eigenvalue weighted by Gasteiger charge is -2.12. The fraction of sp³-hybridized carbons (Fsp3) is 0.550. The molecule has 1 aromatic carbocycles. The highest BCUT2D eigenvalue weighted by atomic mass is 19.4. The van der Waals surface area contributed by atoms with Gasteiger partial charge in [0.25, 0.3) is 0 Å². The minimum Gasteiger partial charge on any atom is -0.542 e. The van der Waals surface area contributed by atoms with E-state index in [0.717, 1.165) is 24.0 Å². The molecule has 10 heteroatoms. The van der Waals surface area contributed by atoms with Crippen LogP contribution in [0.3, 0.4) is 0 Å². The number of nitrogens with two attached hydrogens (primary N) is 1. The molecule has 5 N–H and O–H groups in total. The Morgan fingerprint density at radius 2 is 1.73 bits per heavy atom. The summed E-state index contributed by atoms with van der Waals surface area (Å²) in [5.41, 5.74) is 6.91. The number of amides is 1. The van der Waals surface area contributed by atoms with Crippen molar-refractivity contribution in [1.29, 1.82) is 0 Å². The van der Waals surface area contributed by atoms with Crippen molar-refractivity contribution in [3.05, 3.63) is 35.4 Å². The smallest absolute Gasteiger partial charge is 0.430 e. The number of alkyl halides is 3. The van der Waals surface area contributed by atoms with Gasteiger partial charge in [-0.05, 0) is 50.3 Å². The van der Waals surface area contributed by atoms with Crippen molar-refractivity contribution in [2.45, 2.75) is 58.3 Å². The molecule has 1 saturated carbocycles. The van der Waals surface area contributed by atoms with Crippen molar-refractivity contribution in [3.8, 4) is 0 Å². The summed E-state index contributed by atoms with van der Waals surface area (Å²) >= 11 is 0. The summed E-state index contributed by atoms with van der Waals surface area (Å²) < 4.78 is 31.5. The summed E-state index contributed by atoms with van der Waals surface area (Å²) in [6, 6.07) is 7.75. The molecule has 0 bridgehead atoms. The van der Waals surface area contributed by atoms with Gasteiger partial charge in [0.2, 0.25) is 5.91 Å². The van der Waals surface area contributed by atoms with Gasteiger partial charge in [-0.1, -0.05) is 25.0 Å². The van der Waals surface area contributed by atoms with E-state index in [9.17, 15) is 18.0 Å². The number of nitrogens with one attached hydrogen (secondary N) is 3. The zero-order valence-corrected chi connectivity index (χ0v) is 17.1. The quantitative estimate of drug-likeness (QED) is 0.368. The molecule has 1 fully saturated rings. The molecule has 0 atom stereocenters. The summed E-state index contributed by atoms with van der Waals surface area (Å²) in [5, 5.41) is 15.7. The van der Waals surface area contributed by atoms with Gasteiger partial charge in [0.15, 0.2) is 0 Å². The van der Waals surface area contributed by atoms with Gasteiger partial charge in [-0.2, -0.15) is 13.2 Å². The third-order valence-corrected chi connectivity index (χ3v) is 4.41. The van der Waals surface area contributed by atoms with Crippen LogP contribution in [-0.2, 0) is 11.3 Å². The van der Waals surface area contributed by atoms with E-state index in [1.165, 1.54) is 25.7 Å². The Kier molecular flexibility index (Phi) is 10.1. The van der Waals surface area contributed by atoms with Crippen LogP contribution in [0.1, 0.15) is 55.5 Å². The van der Waals surface area contributed by atoms with E-state index in [1.54, 1.807) is 12.1 Å². The van der Waals surface area contributed by atoms with Gasteiger partial charge in [0.05, 0.1) is 19.1 Å². The summed E-state index contributed by atoms with van der Waals surface area (Å²) in [6.07, 6.45) is 0.185. The summed E-state index contributed by atoms with van der Waals surface area (Å²) in [5.74, 6) is -1.63. The molecule has 1 aliphatic carbocycles. The van der Waals surface area contributed by atoms with E-state index in [-0.39, 0.29) is 0 Å². The Morgan fingerprint density at radius 3 is 2.17 bits per heavy atom. The average molecular weight is 430 g/mol. The lowest BCUT2D eigenvalue weighted by Crippen LogP contribution is -2.78. The van der Waals surface area contributed by atoms with Gasteiger partial charge >= 0.3 is 12.1 Å². The van der Waals surface area contributed by atoms with Crippen LogP contribution in [0.5, 0.6) is 0 Å². The third kappa shape index (κ3) is 10.1. The molecule has 0 unspecified atom stereocenters. The van der Waals surface area contributed by atoms with Gasteiger partial charge in [-0.3, -0.25) is 20.4 Å². The molecule has 0 saturated heterocycles. The van der Waals surface area contributed by atoms with Crippen molar-refractivity contribution in [3.63, 3.8) is 0 Å². The second-order valence-electron chi connectivity index (χ2n) is 7.41. The van der Waals surface area contributed by atoms with Crippen LogP contribution in [0.25, 0.3) is 0 Å². The molecular formula is C20H29F3N4O3. The number of hydrogen-bond acceptors (Lipinski definition) is 3. The fourth-order valence-electron chi connectivity index (χ4n) is 2.89. The van der Waals surface area contributed by atoms with Crippen LogP contribution < -0.4 is 26.5 Å². The fourth-order valence-corrected chi connectivity index (χ4v) is 2.89. The Labute approximate surface area is 173 Å². The Morgan fingerprint density at radius 1 is 1.20 bits per heavy atom. The van der Waals surface area contributed by atoms with Gasteiger partial charge in [-0.15, -0.1) is 0 Å². The highest BCUT2D eigenvalue weighted by Crippen LogP contribution is 2.23. The number of carbonyl (C=O) groups is 2. The molecule has 2 rings (SSSR count). The van der Waals surface area contributed by atoms with Crippen molar-refractivity contribution in [2.75, 3.05) is 6.54 Å². The number of hydrogen-bond donors (Lipinski definition) is 4. The number of halogens is 3. The molecule has 0 radical (unpaired) electrons. The van der Waals surface area contributed by atoms with E-state index in [4.69, 9.17) is 15.6 Å². The number of carboxylic acid groups (broad SMARTS) is 1. The van der Waals surface area contributed by atoms with E-state index in [2.05, 4.69) is 29.5 Å². The summed E-state index contributed by atoms with van der Waals surface area (Å²) in [7, 11) is 0. The molecule has 7 nitrogen and oxygen atoms in total. The predicted octanol–water partition coefficient (Wildman–Crippen LogP) is -0.201. The minimum absolute atomic E-state index is 0.366. The monoisotopic (exact) mass is 430 g/mol. The second-order valence-corrected chi connectivity index (χ2v) is 7.41. The number of carboxylic acids is 1. The van der Waals surface area contributed by atoms with Crippen LogP contribution in [0.4, 0.5) is 13.2 Å². The largest absolute Gasteiger partial charge is 0.542 e. The van der Waals surface area contributed by atoms with Crippen LogP contribution in [-0.4, -0.2) is 36.6 Å². The number of primary amides is 1. The summed E-state index contributed by atoms with van der Waals surface area (Å²) in [6.45, 7) is 5.97. The Balaban J connectivity index is 0.000000553.